The van der Waals surface area contributed by atoms with Gasteiger partial charge >= 0.3 is 5.97 Å². The van der Waals surface area contributed by atoms with Gasteiger partial charge in [-0.1, -0.05) is 6.92 Å². The first-order chi connectivity index (χ1) is 6.97. The van der Waals surface area contributed by atoms with Crippen molar-refractivity contribution in [2.45, 2.75) is 38.0 Å². The molecule has 0 aromatic rings. The number of carbonyl (C=O) groups excluding carboxylic acids is 1. The molecule has 1 heterocycles. The molecular weight excluding hydrogens is 200 g/mol. The first-order valence-electron chi connectivity index (χ1n) is 4.93. The Morgan fingerprint density at radius 2 is 2.20 bits per heavy atom. The molecular formula is C9H16N2O4. The Labute approximate surface area is 87.7 Å². The minimum Gasteiger partial charge on any atom is -0.480 e. The molecule has 1 saturated heterocycles. The molecule has 1 fully saturated rings. The fraction of sp³-hybridized carbons (Fsp3) is 0.778. The fourth-order valence-corrected chi connectivity index (χ4v) is 2.02. The molecule has 0 aliphatic carbocycles. The molecule has 15 heavy (non-hydrogen) atoms. The largest absolute Gasteiger partial charge is 0.480 e. The highest BCUT2D eigenvalue weighted by atomic mass is 16.4. The monoisotopic (exact) mass is 216 g/mol. The van der Waals surface area contributed by atoms with E-state index in [4.69, 9.17) is 10.8 Å². The Morgan fingerprint density at radius 1 is 1.60 bits per heavy atom. The number of carboxylic acids is 1. The van der Waals surface area contributed by atoms with Crippen LogP contribution in [-0.4, -0.2) is 51.7 Å². The van der Waals surface area contributed by atoms with E-state index in [1.54, 1.807) is 6.92 Å². The van der Waals surface area contributed by atoms with E-state index in [0.717, 1.165) is 0 Å². The number of aliphatic hydroxyl groups excluding tert-OH is 1. The predicted molar refractivity (Wildman–Crippen MR) is 52.0 cm³/mol. The molecule has 3 atom stereocenters. The molecule has 1 aliphatic rings. The summed E-state index contributed by atoms with van der Waals surface area (Å²) in [7, 11) is 0. The van der Waals surface area contributed by atoms with E-state index in [9.17, 15) is 14.7 Å². The number of nitrogens with two attached hydrogens (primary N) is 1. The van der Waals surface area contributed by atoms with Crippen molar-refractivity contribution < 1.29 is 19.8 Å². The average Bonchev–Trinajstić information content (AvgIpc) is 2.48. The van der Waals surface area contributed by atoms with E-state index in [0.29, 0.717) is 6.42 Å². The summed E-state index contributed by atoms with van der Waals surface area (Å²) in [5.74, 6) is -1.57. The van der Waals surface area contributed by atoms with Crippen molar-refractivity contribution in [1.29, 1.82) is 0 Å². The topological polar surface area (TPSA) is 104 Å². The first kappa shape index (κ1) is 11.9. The molecule has 0 aromatic carbocycles. The number of aliphatic hydroxyl groups is 1. The molecule has 0 spiro atoms. The number of carbonyl (C=O) groups is 2. The van der Waals surface area contributed by atoms with Crippen LogP contribution in [-0.2, 0) is 9.59 Å². The third-order valence-corrected chi connectivity index (χ3v) is 2.72. The first-order valence-corrected chi connectivity index (χ1v) is 4.93. The van der Waals surface area contributed by atoms with Gasteiger partial charge in [0.1, 0.15) is 6.04 Å². The van der Waals surface area contributed by atoms with E-state index in [-0.39, 0.29) is 13.0 Å². The quantitative estimate of drug-likeness (QED) is 0.546. The zero-order chi connectivity index (χ0) is 11.6. The smallest absolute Gasteiger partial charge is 0.321 e. The maximum atomic E-state index is 11.1. The second kappa shape index (κ2) is 4.59. The highest BCUT2D eigenvalue weighted by Crippen LogP contribution is 2.22. The average molecular weight is 216 g/mol. The van der Waals surface area contributed by atoms with Gasteiger partial charge in [-0.25, -0.2) is 0 Å². The van der Waals surface area contributed by atoms with Crippen molar-refractivity contribution >= 4 is 11.9 Å². The molecule has 0 saturated carbocycles. The minimum absolute atomic E-state index is 0.152. The van der Waals surface area contributed by atoms with Gasteiger partial charge in [-0.3, -0.25) is 14.5 Å². The molecule has 4 N–H and O–H groups in total. The van der Waals surface area contributed by atoms with E-state index in [2.05, 4.69) is 0 Å². The summed E-state index contributed by atoms with van der Waals surface area (Å²) in [6.07, 6.45) is -0.0928. The predicted octanol–water partition coefficient (Wildman–Crippen LogP) is -1.23. The Kier molecular flexibility index (Phi) is 3.65. The van der Waals surface area contributed by atoms with Crippen molar-refractivity contribution in [3.63, 3.8) is 0 Å². The molecule has 3 unspecified atom stereocenters. The lowest BCUT2D eigenvalue weighted by Gasteiger charge is -2.27. The maximum absolute atomic E-state index is 11.1. The standard InChI is InChI=1S/C9H16N2O4/c1-2-6(8(10)13)11-4-5(12)3-7(11)9(14)15/h5-7,12H,2-4H2,1H3,(H2,10,13)(H,14,15). The number of likely N-dealkylation sites (tertiary alicyclic amines) is 1. The molecule has 0 radical (unpaired) electrons. The third-order valence-electron chi connectivity index (χ3n) is 2.72. The van der Waals surface area contributed by atoms with E-state index in [1.165, 1.54) is 4.90 Å². The summed E-state index contributed by atoms with van der Waals surface area (Å²) in [4.78, 5) is 23.5. The number of primary amides is 1. The van der Waals surface area contributed by atoms with Crippen LogP contribution in [0.25, 0.3) is 0 Å². The van der Waals surface area contributed by atoms with Crippen molar-refractivity contribution in [1.82, 2.24) is 4.90 Å². The van der Waals surface area contributed by atoms with Crippen molar-refractivity contribution in [2.24, 2.45) is 5.73 Å². The van der Waals surface area contributed by atoms with Crippen LogP contribution in [0.4, 0.5) is 0 Å². The van der Waals surface area contributed by atoms with E-state index in [1.807, 2.05) is 0 Å². The van der Waals surface area contributed by atoms with Gasteiger partial charge in [-0.15, -0.1) is 0 Å². The van der Waals surface area contributed by atoms with Gasteiger partial charge in [0.05, 0.1) is 12.1 Å². The zero-order valence-electron chi connectivity index (χ0n) is 8.59. The Hall–Kier alpha value is -1.14. The van der Waals surface area contributed by atoms with Crippen LogP contribution in [0, 0.1) is 0 Å². The van der Waals surface area contributed by atoms with Gasteiger partial charge < -0.3 is 15.9 Å². The minimum atomic E-state index is -1.02. The van der Waals surface area contributed by atoms with Gasteiger partial charge in [0.25, 0.3) is 0 Å². The van der Waals surface area contributed by atoms with Crippen LogP contribution >= 0.6 is 0 Å². The highest BCUT2D eigenvalue weighted by molar-refractivity contribution is 5.81. The Morgan fingerprint density at radius 3 is 2.60 bits per heavy atom. The summed E-state index contributed by atoms with van der Waals surface area (Å²) in [5.41, 5.74) is 5.18. The SMILES string of the molecule is CCC(C(N)=O)N1CC(O)CC1C(=O)O. The van der Waals surface area contributed by atoms with Gasteiger partial charge in [-0.05, 0) is 6.42 Å². The van der Waals surface area contributed by atoms with Gasteiger partial charge in [-0.2, -0.15) is 0 Å². The number of rotatable bonds is 4. The van der Waals surface area contributed by atoms with Gasteiger partial charge in [0.15, 0.2) is 0 Å². The Balaban J connectivity index is 2.81. The van der Waals surface area contributed by atoms with E-state index >= 15 is 0 Å². The van der Waals surface area contributed by atoms with Crippen LogP contribution in [0.5, 0.6) is 0 Å². The number of β-amino-alcohol motifs (C(OH)–C–C–N with tert-alkyl or cyclic N) is 1. The number of hydrogen-bond acceptors (Lipinski definition) is 4. The van der Waals surface area contributed by atoms with Gasteiger partial charge in [0.2, 0.25) is 5.91 Å². The second-order valence-electron chi connectivity index (χ2n) is 3.77. The Bertz CT molecular complexity index is 253. The molecule has 1 rings (SSSR count). The van der Waals surface area contributed by atoms with Crippen LogP contribution in [0.2, 0.25) is 0 Å². The van der Waals surface area contributed by atoms with Gasteiger partial charge in [0, 0.05) is 13.0 Å². The lowest BCUT2D eigenvalue weighted by atomic mass is 10.1. The molecule has 1 aliphatic heterocycles. The summed E-state index contributed by atoms with van der Waals surface area (Å²) >= 11 is 0. The van der Waals surface area contributed by atoms with E-state index < -0.39 is 30.1 Å². The summed E-state index contributed by atoms with van der Waals surface area (Å²) in [6, 6.07) is -1.42. The van der Waals surface area contributed by atoms with Crippen LogP contribution < -0.4 is 5.73 Å². The molecule has 6 nitrogen and oxygen atoms in total. The number of amides is 1. The molecule has 86 valence electrons. The fourth-order valence-electron chi connectivity index (χ4n) is 2.02. The summed E-state index contributed by atoms with van der Waals surface area (Å²) < 4.78 is 0. The van der Waals surface area contributed by atoms with Crippen molar-refractivity contribution in [3.05, 3.63) is 0 Å². The molecule has 1 amide bonds. The zero-order valence-corrected chi connectivity index (χ0v) is 8.59. The molecule has 6 heteroatoms. The van der Waals surface area contributed by atoms with Crippen LogP contribution in [0.15, 0.2) is 0 Å². The highest BCUT2D eigenvalue weighted by Gasteiger charge is 2.40. The number of aliphatic carboxylic acids is 1. The van der Waals surface area contributed by atoms with Crippen molar-refractivity contribution in [3.8, 4) is 0 Å². The normalized spacial score (nSPS) is 28.9. The molecule has 0 aromatic heterocycles. The van der Waals surface area contributed by atoms with Crippen LogP contribution in [0.1, 0.15) is 19.8 Å². The van der Waals surface area contributed by atoms with Crippen LogP contribution in [0.3, 0.4) is 0 Å². The second-order valence-corrected chi connectivity index (χ2v) is 3.77. The number of carboxylic acid groups (broad SMARTS) is 1. The maximum Gasteiger partial charge on any atom is 0.321 e. The lowest BCUT2D eigenvalue weighted by Crippen LogP contribution is -2.49. The molecule has 0 bridgehead atoms. The number of hydrogen-bond donors (Lipinski definition) is 3. The number of nitrogens with zero attached hydrogens (tertiary/aromatic N) is 1. The summed E-state index contributed by atoms with van der Waals surface area (Å²) in [6.45, 7) is 1.96. The summed E-state index contributed by atoms with van der Waals surface area (Å²) in [5, 5.41) is 18.3. The van der Waals surface area contributed by atoms with Crippen molar-refractivity contribution in [2.75, 3.05) is 6.54 Å². The lowest BCUT2D eigenvalue weighted by molar-refractivity contribution is -0.143. The third kappa shape index (κ3) is 2.45.